The number of nitrogens with one attached hydrogen (secondary N) is 1. The first kappa shape index (κ1) is 19.4. The van der Waals surface area contributed by atoms with E-state index in [1.807, 2.05) is 0 Å². The number of halogens is 1. The van der Waals surface area contributed by atoms with Crippen LogP contribution in [0.5, 0.6) is 0 Å². The van der Waals surface area contributed by atoms with E-state index in [4.69, 9.17) is 0 Å². The molecule has 4 nitrogen and oxygen atoms in total. The van der Waals surface area contributed by atoms with Gasteiger partial charge in [0.1, 0.15) is 5.82 Å². The van der Waals surface area contributed by atoms with Crippen LogP contribution in [0.25, 0.3) is 0 Å². The smallest absolute Gasteiger partial charge is 0.242 e. The van der Waals surface area contributed by atoms with E-state index in [9.17, 15) is 14.0 Å². The highest BCUT2D eigenvalue weighted by Crippen LogP contribution is 2.24. The average molecular weight is 348 g/mol. The molecule has 0 unspecified atom stereocenters. The Kier molecular flexibility index (Phi) is 7.89. The van der Waals surface area contributed by atoms with E-state index in [2.05, 4.69) is 12.2 Å². The van der Waals surface area contributed by atoms with E-state index in [1.165, 1.54) is 12.1 Å². The van der Waals surface area contributed by atoms with Crippen molar-refractivity contribution in [1.82, 2.24) is 10.2 Å². The maximum Gasteiger partial charge on any atom is 0.242 e. The van der Waals surface area contributed by atoms with Crippen molar-refractivity contribution in [3.05, 3.63) is 35.6 Å². The zero-order valence-corrected chi connectivity index (χ0v) is 15.1. The largest absolute Gasteiger partial charge is 0.347 e. The van der Waals surface area contributed by atoms with E-state index in [0.717, 1.165) is 50.5 Å². The number of benzene rings is 1. The first-order chi connectivity index (χ1) is 12.1. The first-order valence-corrected chi connectivity index (χ1v) is 9.40. The van der Waals surface area contributed by atoms with E-state index in [0.29, 0.717) is 13.1 Å². The van der Waals surface area contributed by atoms with Crippen LogP contribution in [0.4, 0.5) is 4.39 Å². The monoisotopic (exact) mass is 348 g/mol. The Labute approximate surface area is 149 Å². The molecule has 138 valence electrons. The van der Waals surface area contributed by atoms with Gasteiger partial charge in [-0.15, -0.1) is 0 Å². The zero-order chi connectivity index (χ0) is 18.1. The quantitative estimate of drug-likeness (QED) is 0.693. The summed E-state index contributed by atoms with van der Waals surface area (Å²) in [6.07, 6.45) is 7.11. The van der Waals surface area contributed by atoms with Gasteiger partial charge >= 0.3 is 0 Å². The molecule has 1 aliphatic rings. The van der Waals surface area contributed by atoms with E-state index in [1.54, 1.807) is 17.0 Å². The second-order valence-corrected chi connectivity index (χ2v) is 6.85. The topological polar surface area (TPSA) is 49.4 Å². The molecule has 2 rings (SSSR count). The Balaban J connectivity index is 1.89. The van der Waals surface area contributed by atoms with Gasteiger partial charge in [-0.1, -0.05) is 44.7 Å². The molecule has 0 aromatic heterocycles. The molecule has 0 spiro atoms. The number of nitrogens with zero attached hydrogens (tertiary/aromatic N) is 1. The summed E-state index contributed by atoms with van der Waals surface area (Å²) in [6.45, 7) is 3.27. The van der Waals surface area contributed by atoms with Crippen LogP contribution in [-0.4, -0.2) is 29.8 Å². The standard InChI is InChI=1S/C20H29FN2O2/c1-2-3-6-13-23(15-16-9-11-18(21)12-10-16)19(24)14-22-20(25)17-7-4-5-8-17/h9-12,17H,2-8,13-15H2,1H3,(H,22,25). The molecule has 0 atom stereocenters. The first-order valence-electron chi connectivity index (χ1n) is 9.40. The second-order valence-electron chi connectivity index (χ2n) is 6.85. The number of carbonyl (C=O) groups is 2. The van der Waals surface area contributed by atoms with E-state index >= 15 is 0 Å². The molecule has 0 bridgehead atoms. The minimum Gasteiger partial charge on any atom is -0.347 e. The SMILES string of the molecule is CCCCCN(Cc1ccc(F)cc1)C(=O)CNC(=O)C1CCCC1. The summed E-state index contributed by atoms with van der Waals surface area (Å²) < 4.78 is 13.1. The van der Waals surface area contributed by atoms with Gasteiger partial charge in [0, 0.05) is 19.0 Å². The molecule has 1 aromatic rings. The van der Waals surface area contributed by atoms with Crippen LogP contribution >= 0.6 is 0 Å². The zero-order valence-electron chi connectivity index (χ0n) is 15.1. The number of amides is 2. The fraction of sp³-hybridized carbons (Fsp3) is 0.600. The predicted octanol–water partition coefficient (Wildman–Crippen LogP) is 3.65. The molecule has 0 heterocycles. The average Bonchev–Trinajstić information content (AvgIpc) is 3.15. The molecule has 0 aliphatic heterocycles. The molecule has 0 saturated heterocycles. The van der Waals surface area contributed by atoms with Gasteiger partial charge in [-0.05, 0) is 37.0 Å². The summed E-state index contributed by atoms with van der Waals surface area (Å²) >= 11 is 0. The summed E-state index contributed by atoms with van der Waals surface area (Å²) in [4.78, 5) is 26.4. The van der Waals surface area contributed by atoms with Crippen LogP contribution in [0.2, 0.25) is 0 Å². The summed E-state index contributed by atoms with van der Waals surface area (Å²) in [7, 11) is 0. The maximum atomic E-state index is 13.1. The van der Waals surface area contributed by atoms with Gasteiger partial charge in [0.15, 0.2) is 0 Å². The highest BCUT2D eigenvalue weighted by molar-refractivity contribution is 5.86. The summed E-state index contributed by atoms with van der Waals surface area (Å²) in [6, 6.07) is 6.22. The minimum atomic E-state index is -0.281. The lowest BCUT2D eigenvalue weighted by Crippen LogP contribution is -2.41. The number of carbonyl (C=O) groups excluding carboxylic acids is 2. The van der Waals surface area contributed by atoms with Gasteiger partial charge in [0.25, 0.3) is 0 Å². The van der Waals surface area contributed by atoms with Gasteiger partial charge in [0.05, 0.1) is 6.54 Å². The fourth-order valence-corrected chi connectivity index (χ4v) is 3.26. The molecule has 1 fully saturated rings. The molecule has 1 aromatic carbocycles. The third kappa shape index (κ3) is 6.48. The lowest BCUT2D eigenvalue weighted by molar-refractivity contribution is -0.134. The van der Waals surface area contributed by atoms with Gasteiger partial charge in [-0.3, -0.25) is 9.59 Å². The number of rotatable bonds is 9. The molecule has 1 saturated carbocycles. The Bertz CT molecular complexity index is 553. The van der Waals surface area contributed by atoms with Crippen LogP contribution in [0.1, 0.15) is 57.4 Å². The van der Waals surface area contributed by atoms with E-state index < -0.39 is 0 Å². The van der Waals surface area contributed by atoms with Crippen molar-refractivity contribution >= 4 is 11.8 Å². The highest BCUT2D eigenvalue weighted by Gasteiger charge is 2.23. The lowest BCUT2D eigenvalue weighted by Gasteiger charge is -2.23. The minimum absolute atomic E-state index is 0.00106. The summed E-state index contributed by atoms with van der Waals surface area (Å²) in [5, 5.41) is 2.80. The Morgan fingerprint density at radius 3 is 2.48 bits per heavy atom. The molecule has 2 amide bonds. The van der Waals surface area contributed by atoms with Crippen molar-refractivity contribution in [2.24, 2.45) is 5.92 Å². The van der Waals surface area contributed by atoms with Gasteiger partial charge in [-0.2, -0.15) is 0 Å². The van der Waals surface area contributed by atoms with Crippen LogP contribution in [0.15, 0.2) is 24.3 Å². The third-order valence-electron chi connectivity index (χ3n) is 4.81. The third-order valence-corrected chi connectivity index (χ3v) is 4.81. The van der Waals surface area contributed by atoms with Gasteiger partial charge in [0.2, 0.25) is 11.8 Å². The predicted molar refractivity (Wildman–Crippen MR) is 96.3 cm³/mol. The fourth-order valence-electron chi connectivity index (χ4n) is 3.26. The summed E-state index contributed by atoms with van der Waals surface area (Å²) in [5.41, 5.74) is 0.897. The van der Waals surface area contributed by atoms with Crippen molar-refractivity contribution in [2.75, 3.05) is 13.1 Å². The second kappa shape index (κ2) is 10.2. The summed E-state index contributed by atoms with van der Waals surface area (Å²) in [5.74, 6) is -0.289. The van der Waals surface area contributed by atoms with Crippen molar-refractivity contribution < 1.29 is 14.0 Å². The van der Waals surface area contributed by atoms with Gasteiger partial charge in [-0.25, -0.2) is 4.39 Å². The lowest BCUT2D eigenvalue weighted by atomic mass is 10.1. The van der Waals surface area contributed by atoms with Crippen LogP contribution in [0, 0.1) is 11.7 Å². The molecular formula is C20H29FN2O2. The highest BCUT2D eigenvalue weighted by atomic mass is 19.1. The number of hydrogen-bond acceptors (Lipinski definition) is 2. The molecule has 1 N–H and O–H groups in total. The maximum absolute atomic E-state index is 13.1. The van der Waals surface area contributed by atoms with Crippen molar-refractivity contribution in [3.63, 3.8) is 0 Å². The molecular weight excluding hydrogens is 319 g/mol. The van der Waals surface area contributed by atoms with Crippen molar-refractivity contribution in [1.29, 1.82) is 0 Å². The number of hydrogen-bond donors (Lipinski definition) is 1. The normalized spacial score (nSPS) is 14.5. The Morgan fingerprint density at radius 2 is 1.84 bits per heavy atom. The van der Waals surface area contributed by atoms with Gasteiger partial charge < -0.3 is 10.2 Å². The van der Waals surface area contributed by atoms with Crippen LogP contribution < -0.4 is 5.32 Å². The Morgan fingerprint density at radius 1 is 1.16 bits per heavy atom. The van der Waals surface area contributed by atoms with Crippen LogP contribution in [-0.2, 0) is 16.1 Å². The molecule has 25 heavy (non-hydrogen) atoms. The number of unbranched alkanes of at least 4 members (excludes halogenated alkanes) is 2. The van der Waals surface area contributed by atoms with Crippen LogP contribution in [0.3, 0.4) is 0 Å². The van der Waals surface area contributed by atoms with Crippen molar-refractivity contribution in [2.45, 2.75) is 58.4 Å². The van der Waals surface area contributed by atoms with E-state index in [-0.39, 0.29) is 30.1 Å². The molecule has 5 heteroatoms. The molecule has 0 radical (unpaired) electrons. The van der Waals surface area contributed by atoms with Crippen molar-refractivity contribution in [3.8, 4) is 0 Å². The Hall–Kier alpha value is -1.91. The molecule has 1 aliphatic carbocycles.